The second-order valence-electron chi connectivity index (χ2n) is 4.63. The Morgan fingerprint density at radius 1 is 1.61 bits per heavy atom. The lowest BCUT2D eigenvalue weighted by atomic mass is 9.77. The van der Waals surface area contributed by atoms with Gasteiger partial charge in [-0.2, -0.15) is 0 Å². The number of carboxylic acid groups (broad SMARTS) is 1. The van der Waals surface area contributed by atoms with Crippen molar-refractivity contribution in [2.75, 3.05) is 13.1 Å². The van der Waals surface area contributed by atoms with E-state index in [0.717, 1.165) is 6.42 Å². The minimum atomic E-state index is -0.799. The van der Waals surface area contributed by atoms with Crippen molar-refractivity contribution in [2.45, 2.75) is 26.2 Å². The second kappa shape index (κ2) is 5.06. The number of amides is 1. The maximum Gasteiger partial charge on any atom is 0.311 e. The molecule has 0 saturated carbocycles. The number of rotatable bonds is 3. The summed E-state index contributed by atoms with van der Waals surface area (Å²) < 4.78 is 0. The van der Waals surface area contributed by atoms with Crippen LogP contribution in [-0.2, 0) is 4.79 Å². The van der Waals surface area contributed by atoms with Crippen molar-refractivity contribution in [2.24, 2.45) is 5.41 Å². The number of aromatic nitrogens is 1. The maximum absolute atomic E-state index is 12.2. The second-order valence-corrected chi connectivity index (χ2v) is 5.52. The Kier molecular flexibility index (Phi) is 3.65. The van der Waals surface area contributed by atoms with Gasteiger partial charge in [0.1, 0.15) is 4.88 Å². The van der Waals surface area contributed by atoms with E-state index in [-0.39, 0.29) is 5.91 Å². The molecule has 1 N–H and O–H groups in total. The number of carbonyl (C=O) groups excluding carboxylic acids is 1. The van der Waals surface area contributed by atoms with Crippen LogP contribution in [0.5, 0.6) is 0 Å². The smallest absolute Gasteiger partial charge is 0.311 e. The van der Waals surface area contributed by atoms with Gasteiger partial charge >= 0.3 is 5.97 Å². The van der Waals surface area contributed by atoms with Crippen molar-refractivity contribution in [3.8, 4) is 0 Å². The average molecular weight is 268 g/mol. The van der Waals surface area contributed by atoms with E-state index in [0.29, 0.717) is 30.8 Å². The Morgan fingerprint density at radius 2 is 2.39 bits per heavy atom. The topological polar surface area (TPSA) is 70.5 Å². The van der Waals surface area contributed by atoms with Gasteiger partial charge in [0.2, 0.25) is 0 Å². The summed E-state index contributed by atoms with van der Waals surface area (Å²) in [6.07, 6.45) is 3.47. The van der Waals surface area contributed by atoms with Gasteiger partial charge in [0, 0.05) is 13.1 Å². The highest BCUT2D eigenvalue weighted by molar-refractivity contribution is 7.11. The molecule has 2 heterocycles. The third-order valence-corrected chi connectivity index (χ3v) is 4.40. The highest BCUT2D eigenvalue weighted by atomic mass is 32.1. The standard InChI is InChI=1S/C12H16N2O3S/c1-2-12(11(16)17)4-3-5-14(7-12)10(15)9-6-13-8-18-9/h6,8H,2-5,7H2,1H3,(H,16,17). The van der Waals surface area contributed by atoms with Crippen LogP contribution in [0.25, 0.3) is 0 Å². The third-order valence-electron chi connectivity index (χ3n) is 3.64. The van der Waals surface area contributed by atoms with Gasteiger partial charge in [-0.05, 0) is 19.3 Å². The van der Waals surface area contributed by atoms with Gasteiger partial charge in [-0.1, -0.05) is 6.92 Å². The molecule has 0 aliphatic carbocycles. The molecule has 1 aromatic rings. The minimum Gasteiger partial charge on any atom is -0.481 e. The predicted molar refractivity (Wildman–Crippen MR) is 67.6 cm³/mol. The number of piperidine rings is 1. The van der Waals surface area contributed by atoms with Crippen LogP contribution < -0.4 is 0 Å². The molecule has 5 nitrogen and oxygen atoms in total. The number of carbonyl (C=O) groups is 2. The normalized spacial score (nSPS) is 23.9. The summed E-state index contributed by atoms with van der Waals surface area (Å²) in [7, 11) is 0. The molecule has 1 aliphatic heterocycles. The number of thiazole rings is 1. The highest BCUT2D eigenvalue weighted by Crippen LogP contribution is 2.34. The predicted octanol–water partition coefficient (Wildman–Crippen LogP) is 1.86. The van der Waals surface area contributed by atoms with Gasteiger partial charge in [0.15, 0.2) is 0 Å². The van der Waals surface area contributed by atoms with E-state index < -0.39 is 11.4 Å². The number of likely N-dealkylation sites (tertiary alicyclic amines) is 1. The zero-order valence-electron chi connectivity index (χ0n) is 10.3. The Labute approximate surface area is 109 Å². The lowest BCUT2D eigenvalue weighted by molar-refractivity contribution is -0.152. The summed E-state index contributed by atoms with van der Waals surface area (Å²) in [5, 5.41) is 9.37. The fourth-order valence-electron chi connectivity index (χ4n) is 2.40. The van der Waals surface area contributed by atoms with Crippen LogP contribution in [0.1, 0.15) is 35.9 Å². The molecule has 0 spiro atoms. The van der Waals surface area contributed by atoms with E-state index in [9.17, 15) is 14.7 Å². The van der Waals surface area contributed by atoms with Crippen molar-refractivity contribution in [3.05, 3.63) is 16.6 Å². The van der Waals surface area contributed by atoms with Gasteiger partial charge < -0.3 is 10.0 Å². The molecule has 0 radical (unpaired) electrons. The van der Waals surface area contributed by atoms with E-state index in [4.69, 9.17) is 0 Å². The molecular formula is C12H16N2O3S. The highest BCUT2D eigenvalue weighted by Gasteiger charge is 2.42. The van der Waals surface area contributed by atoms with Gasteiger partial charge in [-0.15, -0.1) is 11.3 Å². The lowest BCUT2D eigenvalue weighted by Crippen LogP contribution is -2.49. The SMILES string of the molecule is CCC1(C(=O)O)CCCN(C(=O)c2cncs2)C1. The van der Waals surface area contributed by atoms with E-state index in [2.05, 4.69) is 4.98 Å². The van der Waals surface area contributed by atoms with Crippen LogP contribution in [0.15, 0.2) is 11.7 Å². The van der Waals surface area contributed by atoms with Crippen molar-refractivity contribution in [1.29, 1.82) is 0 Å². The molecule has 1 fully saturated rings. The first-order chi connectivity index (χ1) is 8.59. The monoisotopic (exact) mass is 268 g/mol. The molecule has 1 aliphatic rings. The van der Waals surface area contributed by atoms with Crippen molar-refractivity contribution in [1.82, 2.24) is 9.88 Å². The summed E-state index contributed by atoms with van der Waals surface area (Å²) in [6, 6.07) is 0. The summed E-state index contributed by atoms with van der Waals surface area (Å²) in [4.78, 5) is 29.7. The van der Waals surface area contributed by atoms with Gasteiger partial charge in [0.05, 0.1) is 17.1 Å². The first-order valence-corrected chi connectivity index (χ1v) is 6.88. The summed E-state index contributed by atoms with van der Waals surface area (Å²) in [5.74, 6) is -0.900. The summed E-state index contributed by atoms with van der Waals surface area (Å²) in [6.45, 7) is 2.80. The number of carboxylic acids is 1. The molecule has 1 unspecified atom stereocenters. The molecule has 0 aromatic carbocycles. The molecule has 2 rings (SSSR count). The van der Waals surface area contributed by atoms with E-state index in [1.807, 2.05) is 6.92 Å². The first-order valence-electron chi connectivity index (χ1n) is 6.00. The van der Waals surface area contributed by atoms with Gasteiger partial charge in [0.25, 0.3) is 5.91 Å². The minimum absolute atomic E-state index is 0.101. The zero-order valence-corrected chi connectivity index (χ0v) is 11.1. The Bertz CT molecular complexity index is 446. The number of hydrogen-bond acceptors (Lipinski definition) is 4. The molecule has 1 atom stereocenters. The van der Waals surface area contributed by atoms with Crippen LogP contribution in [0.4, 0.5) is 0 Å². The van der Waals surface area contributed by atoms with Gasteiger partial charge in [-0.25, -0.2) is 0 Å². The average Bonchev–Trinajstić information content (AvgIpc) is 2.91. The number of hydrogen-bond donors (Lipinski definition) is 1. The summed E-state index contributed by atoms with van der Waals surface area (Å²) >= 11 is 1.29. The van der Waals surface area contributed by atoms with Crippen LogP contribution in [0.3, 0.4) is 0 Å². The van der Waals surface area contributed by atoms with Crippen LogP contribution in [0, 0.1) is 5.41 Å². The quantitative estimate of drug-likeness (QED) is 0.908. The Balaban J connectivity index is 2.16. The molecule has 1 saturated heterocycles. The van der Waals surface area contributed by atoms with Crippen molar-refractivity contribution < 1.29 is 14.7 Å². The van der Waals surface area contributed by atoms with Crippen LogP contribution in [-0.4, -0.2) is 40.0 Å². The molecular weight excluding hydrogens is 252 g/mol. The van der Waals surface area contributed by atoms with Crippen LogP contribution in [0.2, 0.25) is 0 Å². The lowest BCUT2D eigenvalue weighted by Gasteiger charge is -2.39. The number of aliphatic carboxylic acids is 1. The Hall–Kier alpha value is -1.43. The number of nitrogens with zero attached hydrogens (tertiary/aromatic N) is 2. The van der Waals surface area contributed by atoms with E-state index in [1.165, 1.54) is 17.5 Å². The van der Waals surface area contributed by atoms with Crippen LogP contribution >= 0.6 is 11.3 Å². The van der Waals surface area contributed by atoms with E-state index >= 15 is 0 Å². The molecule has 6 heteroatoms. The largest absolute Gasteiger partial charge is 0.481 e. The fraction of sp³-hybridized carbons (Fsp3) is 0.583. The molecule has 1 amide bonds. The van der Waals surface area contributed by atoms with Crippen molar-refractivity contribution >= 4 is 23.2 Å². The molecule has 1 aromatic heterocycles. The third kappa shape index (κ3) is 2.25. The van der Waals surface area contributed by atoms with Gasteiger partial charge in [-0.3, -0.25) is 14.6 Å². The summed E-state index contributed by atoms with van der Waals surface area (Å²) in [5.41, 5.74) is 0.833. The van der Waals surface area contributed by atoms with E-state index in [1.54, 1.807) is 10.4 Å². The van der Waals surface area contributed by atoms with Crippen molar-refractivity contribution in [3.63, 3.8) is 0 Å². The first kappa shape index (κ1) is 13.0. The zero-order chi connectivity index (χ0) is 13.2. The maximum atomic E-state index is 12.2. The molecule has 18 heavy (non-hydrogen) atoms. The molecule has 98 valence electrons. The fourth-order valence-corrected chi connectivity index (χ4v) is 2.98. The molecule has 0 bridgehead atoms. The Morgan fingerprint density at radius 3 is 2.94 bits per heavy atom.